The predicted molar refractivity (Wildman–Crippen MR) is 225 cm³/mol. The number of carbonyl (C=O) groups excluding carboxylic acids is 2. The molecule has 0 bridgehead atoms. The van der Waals surface area contributed by atoms with Crippen molar-refractivity contribution >= 4 is 19.8 Å². The van der Waals surface area contributed by atoms with Crippen LogP contribution in [-0.2, 0) is 32.7 Å². The Balaban J connectivity index is 4.18. The van der Waals surface area contributed by atoms with E-state index in [0.717, 1.165) is 32.1 Å². The lowest BCUT2D eigenvalue weighted by Gasteiger charge is -2.24. The average Bonchev–Trinajstić information content (AvgIpc) is 3.12. The third kappa shape index (κ3) is 40.7. The summed E-state index contributed by atoms with van der Waals surface area (Å²) < 4.78 is 34.3. The standard InChI is InChI=1S/C44H88NO8P/c1-6-8-10-12-14-16-18-19-20-21-22-23-24-25-26-27-29-30-32-34-36-43(46)50-40-42(41-52-54(48,49)51-39-38-45(3,4)5)53-44(47)37-35-33-31-28-17-15-13-11-9-7-2/h42H,6-41H2,1-5H3/p+1. The number of ether oxygens (including phenoxy) is 2. The van der Waals surface area contributed by atoms with Gasteiger partial charge in [0.2, 0.25) is 0 Å². The van der Waals surface area contributed by atoms with E-state index in [1.165, 1.54) is 154 Å². The zero-order valence-electron chi connectivity index (χ0n) is 36.2. The van der Waals surface area contributed by atoms with Crippen molar-refractivity contribution in [3.05, 3.63) is 0 Å². The number of esters is 2. The molecule has 0 amide bonds. The van der Waals surface area contributed by atoms with Gasteiger partial charge in [0.1, 0.15) is 19.8 Å². The van der Waals surface area contributed by atoms with E-state index < -0.39 is 26.5 Å². The highest BCUT2D eigenvalue weighted by Crippen LogP contribution is 2.43. The molecule has 2 unspecified atom stereocenters. The van der Waals surface area contributed by atoms with Crippen LogP contribution in [0.3, 0.4) is 0 Å². The van der Waals surface area contributed by atoms with Crippen LogP contribution in [0.1, 0.15) is 219 Å². The molecule has 0 aliphatic carbocycles. The number of phosphoric acid groups is 1. The van der Waals surface area contributed by atoms with Crippen LogP contribution in [0.4, 0.5) is 0 Å². The summed E-state index contributed by atoms with van der Waals surface area (Å²) in [5.41, 5.74) is 0. The molecule has 0 heterocycles. The summed E-state index contributed by atoms with van der Waals surface area (Å²) in [7, 11) is 1.49. The molecule has 1 N–H and O–H groups in total. The van der Waals surface area contributed by atoms with Gasteiger partial charge in [-0.3, -0.25) is 18.6 Å². The van der Waals surface area contributed by atoms with Crippen LogP contribution in [0.2, 0.25) is 0 Å². The fourth-order valence-electron chi connectivity index (χ4n) is 6.54. The van der Waals surface area contributed by atoms with Crippen molar-refractivity contribution in [2.24, 2.45) is 0 Å². The third-order valence-corrected chi connectivity index (χ3v) is 11.1. The van der Waals surface area contributed by atoms with Gasteiger partial charge in [-0.15, -0.1) is 0 Å². The molecule has 0 radical (unpaired) electrons. The number of unbranched alkanes of at least 4 members (excludes halogenated alkanes) is 28. The van der Waals surface area contributed by atoms with Crippen molar-refractivity contribution in [3.63, 3.8) is 0 Å². The molecule has 0 aromatic carbocycles. The largest absolute Gasteiger partial charge is 0.472 e. The molecule has 0 aromatic rings. The van der Waals surface area contributed by atoms with Crippen LogP contribution in [0.25, 0.3) is 0 Å². The Hall–Kier alpha value is -0.990. The third-order valence-electron chi connectivity index (χ3n) is 10.1. The maximum Gasteiger partial charge on any atom is 0.472 e. The first kappa shape index (κ1) is 53.0. The number of rotatable bonds is 42. The zero-order chi connectivity index (χ0) is 40.0. The number of nitrogens with zero attached hydrogens (tertiary/aromatic N) is 1. The van der Waals surface area contributed by atoms with E-state index in [1.807, 2.05) is 21.1 Å². The molecule has 0 spiro atoms. The molecular weight excluding hydrogens is 701 g/mol. The van der Waals surface area contributed by atoms with E-state index in [1.54, 1.807) is 0 Å². The average molecular weight is 791 g/mol. The van der Waals surface area contributed by atoms with E-state index in [4.69, 9.17) is 18.5 Å². The van der Waals surface area contributed by atoms with Gasteiger partial charge in [-0.1, -0.05) is 194 Å². The normalized spacial score (nSPS) is 13.5. The minimum absolute atomic E-state index is 0.0366. The lowest BCUT2D eigenvalue weighted by Crippen LogP contribution is -2.37. The van der Waals surface area contributed by atoms with E-state index >= 15 is 0 Å². The molecule has 0 saturated heterocycles. The minimum Gasteiger partial charge on any atom is -0.462 e. The molecule has 322 valence electrons. The molecule has 0 aliphatic heterocycles. The lowest BCUT2D eigenvalue weighted by atomic mass is 10.0. The summed E-state index contributed by atoms with van der Waals surface area (Å²) in [6, 6.07) is 0. The van der Waals surface area contributed by atoms with Crippen molar-refractivity contribution in [1.29, 1.82) is 0 Å². The fraction of sp³-hybridized carbons (Fsp3) is 0.955. The van der Waals surface area contributed by atoms with Crippen LogP contribution < -0.4 is 0 Å². The summed E-state index contributed by atoms with van der Waals surface area (Å²) in [5, 5.41) is 0. The highest BCUT2D eigenvalue weighted by molar-refractivity contribution is 7.47. The molecule has 0 fully saturated rings. The van der Waals surface area contributed by atoms with Crippen molar-refractivity contribution in [2.45, 2.75) is 225 Å². The maximum atomic E-state index is 12.6. The first-order valence-electron chi connectivity index (χ1n) is 22.8. The molecule has 9 nitrogen and oxygen atoms in total. The van der Waals surface area contributed by atoms with Crippen molar-refractivity contribution in [1.82, 2.24) is 0 Å². The Bertz CT molecular complexity index is 896. The summed E-state index contributed by atoms with van der Waals surface area (Å²) in [6.07, 6.45) is 37.3. The molecule has 2 atom stereocenters. The Labute approximate surface area is 334 Å². The van der Waals surface area contributed by atoms with Crippen LogP contribution in [-0.4, -0.2) is 74.9 Å². The lowest BCUT2D eigenvalue weighted by molar-refractivity contribution is -0.870. The molecular formula is C44H89NO8P+. The monoisotopic (exact) mass is 791 g/mol. The van der Waals surface area contributed by atoms with Gasteiger partial charge in [0.25, 0.3) is 0 Å². The SMILES string of the molecule is CCCCCCCCCCCCCCCCCCCCCCC(=O)OCC(COP(=O)(O)OCC[N+](C)(C)C)OC(=O)CCCCCCCCCCCC. The van der Waals surface area contributed by atoms with Gasteiger partial charge in [-0.25, -0.2) is 4.57 Å². The quantitative estimate of drug-likeness (QED) is 0.0282. The number of quaternary nitrogens is 1. The Morgan fingerprint density at radius 2 is 0.833 bits per heavy atom. The maximum absolute atomic E-state index is 12.6. The van der Waals surface area contributed by atoms with E-state index in [9.17, 15) is 19.0 Å². The number of hydrogen-bond acceptors (Lipinski definition) is 7. The van der Waals surface area contributed by atoms with Gasteiger partial charge < -0.3 is 18.9 Å². The molecule has 0 aliphatic rings. The second-order valence-corrected chi connectivity index (χ2v) is 18.3. The molecule has 54 heavy (non-hydrogen) atoms. The first-order chi connectivity index (χ1) is 26.0. The Morgan fingerprint density at radius 1 is 0.500 bits per heavy atom. The first-order valence-corrected chi connectivity index (χ1v) is 24.3. The summed E-state index contributed by atoms with van der Waals surface area (Å²) >= 11 is 0. The predicted octanol–water partition coefficient (Wildman–Crippen LogP) is 12.8. The van der Waals surface area contributed by atoms with E-state index in [-0.39, 0.29) is 25.6 Å². The molecule has 0 rings (SSSR count). The van der Waals surface area contributed by atoms with Gasteiger partial charge >= 0.3 is 19.8 Å². The van der Waals surface area contributed by atoms with Gasteiger partial charge in [0.05, 0.1) is 27.7 Å². The second-order valence-electron chi connectivity index (χ2n) is 16.8. The van der Waals surface area contributed by atoms with Crippen LogP contribution in [0.15, 0.2) is 0 Å². The van der Waals surface area contributed by atoms with Gasteiger partial charge in [0.15, 0.2) is 6.10 Å². The Kier molecular flexibility index (Phi) is 36.9. The van der Waals surface area contributed by atoms with Crippen LogP contribution in [0.5, 0.6) is 0 Å². The summed E-state index contributed by atoms with van der Waals surface area (Å²) in [5.74, 6) is -0.786. The van der Waals surface area contributed by atoms with Crippen LogP contribution >= 0.6 is 7.82 Å². The highest BCUT2D eigenvalue weighted by Gasteiger charge is 2.27. The number of likely N-dealkylation sites (N-methyl/N-ethyl adjacent to an activating group) is 1. The van der Waals surface area contributed by atoms with Gasteiger partial charge in [-0.2, -0.15) is 0 Å². The second kappa shape index (κ2) is 37.6. The summed E-state index contributed by atoms with van der Waals surface area (Å²) in [4.78, 5) is 35.3. The van der Waals surface area contributed by atoms with Crippen molar-refractivity contribution < 1.29 is 42.1 Å². The fourth-order valence-corrected chi connectivity index (χ4v) is 7.29. The number of carbonyl (C=O) groups is 2. The van der Waals surface area contributed by atoms with E-state index in [0.29, 0.717) is 23.9 Å². The van der Waals surface area contributed by atoms with E-state index in [2.05, 4.69) is 13.8 Å². The Morgan fingerprint density at radius 3 is 1.19 bits per heavy atom. The van der Waals surface area contributed by atoms with Gasteiger partial charge in [-0.05, 0) is 12.8 Å². The van der Waals surface area contributed by atoms with Crippen molar-refractivity contribution in [2.75, 3.05) is 47.5 Å². The zero-order valence-corrected chi connectivity index (χ0v) is 37.1. The highest BCUT2D eigenvalue weighted by atomic mass is 31.2. The number of hydrogen-bond donors (Lipinski definition) is 1. The van der Waals surface area contributed by atoms with Gasteiger partial charge in [0, 0.05) is 12.8 Å². The summed E-state index contributed by atoms with van der Waals surface area (Å²) in [6.45, 7) is 4.44. The van der Waals surface area contributed by atoms with Crippen LogP contribution in [0, 0.1) is 0 Å². The molecule has 0 aromatic heterocycles. The topological polar surface area (TPSA) is 108 Å². The van der Waals surface area contributed by atoms with Crippen molar-refractivity contribution in [3.8, 4) is 0 Å². The molecule has 0 saturated carbocycles. The number of phosphoric ester groups is 1. The smallest absolute Gasteiger partial charge is 0.462 e. The molecule has 10 heteroatoms. The minimum atomic E-state index is -4.36.